The second-order valence-electron chi connectivity index (χ2n) is 2.87. The van der Waals surface area contributed by atoms with E-state index in [1.165, 1.54) is 0 Å². The summed E-state index contributed by atoms with van der Waals surface area (Å²) in [4.78, 5) is 1.75. The zero-order valence-electron chi connectivity index (χ0n) is 7.81. The van der Waals surface area contributed by atoms with Crippen molar-refractivity contribution in [2.75, 3.05) is 24.7 Å². The highest BCUT2D eigenvalue weighted by atomic mass is 35.5. The van der Waals surface area contributed by atoms with Crippen LogP contribution in [-0.4, -0.2) is 35.5 Å². The third-order valence-corrected chi connectivity index (χ3v) is 2.29. The first kappa shape index (κ1) is 11.3. The normalized spacial score (nSPS) is 12.5. The van der Waals surface area contributed by atoms with Crippen LogP contribution in [-0.2, 0) is 0 Å². The number of benzene rings is 1. The van der Waals surface area contributed by atoms with Crippen molar-refractivity contribution in [2.45, 2.75) is 5.50 Å². The number of anilines is 1. The summed E-state index contributed by atoms with van der Waals surface area (Å²) in [6.07, 6.45) is 0. The average molecular weight is 216 g/mol. The van der Waals surface area contributed by atoms with E-state index in [4.69, 9.17) is 21.8 Å². The van der Waals surface area contributed by atoms with Gasteiger partial charge in [0.25, 0.3) is 0 Å². The molecule has 0 saturated carbocycles. The number of hydrogen-bond donors (Lipinski definition) is 2. The molecule has 1 atom stereocenters. The van der Waals surface area contributed by atoms with Crippen LogP contribution in [0.15, 0.2) is 30.3 Å². The number of nitrogens with zero attached hydrogens (tertiary/aromatic N) is 1. The van der Waals surface area contributed by atoms with E-state index in [9.17, 15) is 0 Å². The van der Waals surface area contributed by atoms with Crippen LogP contribution in [0.5, 0.6) is 0 Å². The second-order valence-corrected chi connectivity index (χ2v) is 3.37. The predicted molar refractivity (Wildman–Crippen MR) is 57.6 cm³/mol. The molecular weight excluding hydrogens is 202 g/mol. The number of aliphatic hydroxyl groups excluding tert-OH is 2. The van der Waals surface area contributed by atoms with Gasteiger partial charge in [-0.3, -0.25) is 0 Å². The molecule has 0 fully saturated rings. The maximum atomic E-state index is 8.94. The molecular formula is C10H14ClNO2. The fraction of sp³-hybridized carbons (Fsp3) is 0.400. The quantitative estimate of drug-likeness (QED) is 0.570. The van der Waals surface area contributed by atoms with Crippen LogP contribution >= 0.6 is 11.6 Å². The van der Waals surface area contributed by atoms with Gasteiger partial charge in [0.15, 0.2) is 0 Å². The zero-order chi connectivity index (χ0) is 10.4. The highest BCUT2D eigenvalue weighted by Gasteiger charge is 2.14. The molecule has 1 unspecified atom stereocenters. The van der Waals surface area contributed by atoms with Crippen LogP contribution in [0.4, 0.5) is 5.69 Å². The van der Waals surface area contributed by atoms with E-state index in [0.29, 0.717) is 6.54 Å². The third kappa shape index (κ3) is 2.87. The summed E-state index contributed by atoms with van der Waals surface area (Å²) in [6.45, 7) is 0.285. The lowest BCUT2D eigenvalue weighted by Crippen LogP contribution is -2.36. The van der Waals surface area contributed by atoms with Gasteiger partial charge in [-0.25, -0.2) is 0 Å². The Bertz CT molecular complexity index is 256. The molecule has 0 aliphatic rings. The van der Waals surface area contributed by atoms with Gasteiger partial charge < -0.3 is 15.1 Å². The molecule has 0 heterocycles. The standard InChI is InChI=1S/C10H14ClNO2/c11-10(8-14)12(6-7-13)9-4-2-1-3-5-9/h1-5,10,13-14H,6-8H2. The molecule has 3 nitrogen and oxygen atoms in total. The number of hydrogen-bond acceptors (Lipinski definition) is 3. The fourth-order valence-electron chi connectivity index (χ4n) is 1.26. The first-order valence-corrected chi connectivity index (χ1v) is 4.90. The van der Waals surface area contributed by atoms with Crippen LogP contribution in [0.2, 0.25) is 0 Å². The monoisotopic (exact) mass is 215 g/mol. The Morgan fingerprint density at radius 2 is 1.86 bits per heavy atom. The SMILES string of the molecule is OCCN(c1ccccc1)C(Cl)CO. The van der Waals surface area contributed by atoms with Crippen molar-refractivity contribution in [1.29, 1.82) is 0 Å². The third-order valence-electron chi connectivity index (χ3n) is 1.92. The summed E-state index contributed by atoms with van der Waals surface area (Å²) < 4.78 is 0. The molecule has 4 heteroatoms. The van der Waals surface area contributed by atoms with Gasteiger partial charge in [0.1, 0.15) is 5.50 Å². The van der Waals surface area contributed by atoms with Gasteiger partial charge in [-0.1, -0.05) is 29.8 Å². The summed E-state index contributed by atoms with van der Waals surface area (Å²) in [7, 11) is 0. The molecule has 0 aromatic heterocycles. The molecule has 0 radical (unpaired) electrons. The molecule has 1 aromatic rings. The Morgan fingerprint density at radius 3 is 2.36 bits per heavy atom. The molecule has 0 amide bonds. The lowest BCUT2D eigenvalue weighted by molar-refractivity contribution is 0.271. The number of para-hydroxylation sites is 1. The Balaban J connectivity index is 2.77. The minimum absolute atomic E-state index is 0.0120. The average Bonchev–Trinajstić information content (AvgIpc) is 2.26. The summed E-state index contributed by atoms with van der Waals surface area (Å²) in [5, 5.41) is 17.8. The van der Waals surface area contributed by atoms with E-state index in [0.717, 1.165) is 5.69 Å². The Hall–Kier alpha value is -0.770. The van der Waals surface area contributed by atoms with Gasteiger partial charge in [0.2, 0.25) is 0 Å². The zero-order valence-corrected chi connectivity index (χ0v) is 8.56. The van der Waals surface area contributed by atoms with Crippen LogP contribution < -0.4 is 4.90 Å². The van der Waals surface area contributed by atoms with Gasteiger partial charge in [-0.2, -0.15) is 0 Å². The van der Waals surface area contributed by atoms with Crippen molar-refractivity contribution in [3.05, 3.63) is 30.3 Å². The topological polar surface area (TPSA) is 43.7 Å². The molecule has 2 N–H and O–H groups in total. The predicted octanol–water partition coefficient (Wildman–Crippen LogP) is 1.04. The molecule has 0 aliphatic heterocycles. The fourth-order valence-corrected chi connectivity index (χ4v) is 1.47. The Kier molecular flexibility index (Phi) is 4.73. The molecule has 0 saturated heterocycles. The van der Waals surface area contributed by atoms with Gasteiger partial charge in [0.05, 0.1) is 13.2 Å². The molecule has 1 rings (SSSR count). The van der Waals surface area contributed by atoms with E-state index in [2.05, 4.69) is 0 Å². The molecule has 14 heavy (non-hydrogen) atoms. The van der Waals surface area contributed by atoms with Crippen molar-refractivity contribution >= 4 is 17.3 Å². The van der Waals surface area contributed by atoms with E-state index in [1.807, 2.05) is 30.3 Å². The molecule has 0 aliphatic carbocycles. The molecule has 0 bridgehead atoms. The maximum absolute atomic E-state index is 8.94. The summed E-state index contributed by atoms with van der Waals surface area (Å²) in [5.74, 6) is 0. The highest BCUT2D eigenvalue weighted by Crippen LogP contribution is 2.17. The number of alkyl halides is 1. The number of rotatable bonds is 5. The van der Waals surface area contributed by atoms with Crippen LogP contribution in [0.1, 0.15) is 0 Å². The molecule has 0 spiro atoms. The summed E-state index contributed by atoms with van der Waals surface area (Å²) >= 11 is 5.91. The van der Waals surface area contributed by atoms with E-state index in [-0.39, 0.29) is 13.2 Å². The largest absolute Gasteiger partial charge is 0.395 e. The minimum atomic E-state index is -0.496. The van der Waals surface area contributed by atoms with Gasteiger partial charge in [0, 0.05) is 12.2 Å². The maximum Gasteiger partial charge on any atom is 0.127 e. The van der Waals surface area contributed by atoms with Crippen molar-refractivity contribution < 1.29 is 10.2 Å². The number of aliphatic hydroxyl groups is 2. The van der Waals surface area contributed by atoms with Crippen LogP contribution in [0.25, 0.3) is 0 Å². The highest BCUT2D eigenvalue weighted by molar-refractivity contribution is 6.21. The summed E-state index contributed by atoms with van der Waals surface area (Å²) in [6, 6.07) is 9.46. The van der Waals surface area contributed by atoms with E-state index >= 15 is 0 Å². The Labute approximate surface area is 88.5 Å². The van der Waals surface area contributed by atoms with Crippen LogP contribution in [0.3, 0.4) is 0 Å². The van der Waals surface area contributed by atoms with Crippen LogP contribution in [0, 0.1) is 0 Å². The first-order chi connectivity index (χ1) is 6.79. The van der Waals surface area contributed by atoms with E-state index < -0.39 is 5.50 Å². The van der Waals surface area contributed by atoms with Gasteiger partial charge in [-0.05, 0) is 12.1 Å². The smallest absolute Gasteiger partial charge is 0.127 e. The number of halogens is 1. The lowest BCUT2D eigenvalue weighted by Gasteiger charge is -2.27. The van der Waals surface area contributed by atoms with Crippen molar-refractivity contribution in [3.8, 4) is 0 Å². The van der Waals surface area contributed by atoms with Gasteiger partial charge >= 0.3 is 0 Å². The van der Waals surface area contributed by atoms with Gasteiger partial charge in [-0.15, -0.1) is 0 Å². The van der Waals surface area contributed by atoms with Crippen molar-refractivity contribution in [1.82, 2.24) is 0 Å². The van der Waals surface area contributed by atoms with E-state index in [1.54, 1.807) is 4.90 Å². The molecule has 1 aromatic carbocycles. The lowest BCUT2D eigenvalue weighted by atomic mass is 10.3. The van der Waals surface area contributed by atoms with Crippen molar-refractivity contribution in [2.24, 2.45) is 0 Å². The second kappa shape index (κ2) is 5.86. The minimum Gasteiger partial charge on any atom is -0.395 e. The Morgan fingerprint density at radius 1 is 1.21 bits per heavy atom. The summed E-state index contributed by atoms with van der Waals surface area (Å²) in [5.41, 5.74) is 0.403. The first-order valence-electron chi connectivity index (χ1n) is 4.47. The molecule has 78 valence electrons. The van der Waals surface area contributed by atoms with Crippen molar-refractivity contribution in [3.63, 3.8) is 0 Å².